The van der Waals surface area contributed by atoms with Crippen LogP contribution in [0.3, 0.4) is 0 Å². The molecular formula is C31H31N7O4. The lowest BCUT2D eigenvalue weighted by Crippen LogP contribution is -2.22. The van der Waals surface area contributed by atoms with Gasteiger partial charge >= 0.3 is 0 Å². The van der Waals surface area contributed by atoms with Gasteiger partial charge in [-0.25, -0.2) is 14.6 Å². The number of pyridine rings is 2. The molecule has 1 unspecified atom stereocenters. The number of carbonyl (C=O) groups is 1. The van der Waals surface area contributed by atoms with E-state index in [1.54, 1.807) is 63.0 Å². The van der Waals surface area contributed by atoms with E-state index in [1.807, 2.05) is 35.0 Å². The number of hydrogen-bond donors (Lipinski definition) is 3. The number of nitrogens with one attached hydrogen (secondary N) is 3. The SMILES string of the molecule is COc1ccc(Cn2nc(NC3CCNC3)c3c(Oc4ccc(C(=O)Nc5cc(OC)ccn5)cc4)ccnc32)cc1. The number of nitrogens with zero attached hydrogens (tertiary/aromatic N) is 4. The number of benzene rings is 2. The summed E-state index contributed by atoms with van der Waals surface area (Å²) in [6, 6.07) is 20.3. The van der Waals surface area contributed by atoms with Gasteiger partial charge in [-0.15, -0.1) is 0 Å². The highest BCUT2D eigenvalue weighted by Gasteiger charge is 2.22. The lowest BCUT2D eigenvalue weighted by molar-refractivity contribution is 0.102. The predicted octanol–water partition coefficient (Wildman–Crippen LogP) is 4.71. The van der Waals surface area contributed by atoms with Crippen LogP contribution in [0.15, 0.2) is 79.1 Å². The molecule has 2 aromatic carbocycles. The highest BCUT2D eigenvalue weighted by atomic mass is 16.5. The Bertz CT molecular complexity index is 1680. The molecule has 0 radical (unpaired) electrons. The maximum Gasteiger partial charge on any atom is 0.256 e. The molecule has 1 atom stereocenters. The molecule has 1 saturated heterocycles. The Labute approximate surface area is 242 Å². The van der Waals surface area contributed by atoms with Crippen molar-refractivity contribution in [2.24, 2.45) is 0 Å². The van der Waals surface area contributed by atoms with Crippen molar-refractivity contribution < 1.29 is 19.0 Å². The second-order valence-corrected chi connectivity index (χ2v) is 9.86. The topological polar surface area (TPSA) is 124 Å². The fraction of sp³-hybridized carbons (Fsp3) is 0.226. The zero-order valence-corrected chi connectivity index (χ0v) is 23.3. The monoisotopic (exact) mass is 565 g/mol. The molecular weight excluding hydrogens is 534 g/mol. The molecule has 0 bridgehead atoms. The Morgan fingerprint density at radius 3 is 2.45 bits per heavy atom. The van der Waals surface area contributed by atoms with Gasteiger partial charge in [0.2, 0.25) is 0 Å². The quantitative estimate of drug-likeness (QED) is 0.221. The van der Waals surface area contributed by atoms with Crippen molar-refractivity contribution >= 4 is 28.6 Å². The first-order valence-corrected chi connectivity index (χ1v) is 13.6. The van der Waals surface area contributed by atoms with Crippen LogP contribution < -0.4 is 30.2 Å². The van der Waals surface area contributed by atoms with Gasteiger partial charge in [0.25, 0.3) is 5.91 Å². The molecule has 11 nitrogen and oxygen atoms in total. The molecule has 214 valence electrons. The Morgan fingerprint density at radius 2 is 1.71 bits per heavy atom. The van der Waals surface area contributed by atoms with Crippen LogP contribution in [-0.4, -0.2) is 59.0 Å². The number of anilines is 2. The van der Waals surface area contributed by atoms with E-state index in [4.69, 9.17) is 19.3 Å². The van der Waals surface area contributed by atoms with Gasteiger partial charge in [0.1, 0.15) is 34.2 Å². The van der Waals surface area contributed by atoms with E-state index in [9.17, 15) is 4.79 Å². The van der Waals surface area contributed by atoms with E-state index in [2.05, 4.69) is 25.9 Å². The van der Waals surface area contributed by atoms with Crippen molar-refractivity contribution in [1.82, 2.24) is 25.1 Å². The smallest absolute Gasteiger partial charge is 0.256 e. The third kappa shape index (κ3) is 5.96. The van der Waals surface area contributed by atoms with Crippen LogP contribution in [0.1, 0.15) is 22.3 Å². The van der Waals surface area contributed by atoms with Crippen molar-refractivity contribution in [1.29, 1.82) is 0 Å². The molecule has 11 heteroatoms. The average Bonchev–Trinajstić information content (AvgIpc) is 3.66. The molecule has 4 heterocycles. The lowest BCUT2D eigenvalue weighted by Gasteiger charge is -2.12. The summed E-state index contributed by atoms with van der Waals surface area (Å²) in [5.74, 6) is 3.44. The van der Waals surface area contributed by atoms with Crippen molar-refractivity contribution in [2.45, 2.75) is 19.0 Å². The highest BCUT2D eigenvalue weighted by Crippen LogP contribution is 2.35. The Morgan fingerprint density at radius 1 is 0.952 bits per heavy atom. The molecule has 6 rings (SSSR count). The number of hydrogen-bond acceptors (Lipinski definition) is 9. The van der Waals surface area contributed by atoms with Crippen molar-refractivity contribution in [2.75, 3.05) is 37.9 Å². The van der Waals surface area contributed by atoms with Gasteiger partial charge in [-0.3, -0.25) is 4.79 Å². The van der Waals surface area contributed by atoms with Gasteiger partial charge < -0.3 is 30.2 Å². The highest BCUT2D eigenvalue weighted by molar-refractivity contribution is 6.03. The molecule has 0 saturated carbocycles. The van der Waals surface area contributed by atoms with E-state index in [0.29, 0.717) is 40.8 Å². The molecule has 0 spiro atoms. The van der Waals surface area contributed by atoms with Gasteiger partial charge in [-0.1, -0.05) is 12.1 Å². The van der Waals surface area contributed by atoms with Crippen LogP contribution in [0, 0.1) is 0 Å². The zero-order valence-electron chi connectivity index (χ0n) is 23.3. The first-order chi connectivity index (χ1) is 20.6. The first kappa shape index (κ1) is 27.0. The van der Waals surface area contributed by atoms with Crippen molar-refractivity contribution in [3.63, 3.8) is 0 Å². The number of methoxy groups -OCH3 is 2. The van der Waals surface area contributed by atoms with Crippen molar-refractivity contribution in [3.8, 4) is 23.0 Å². The summed E-state index contributed by atoms with van der Waals surface area (Å²) < 4.78 is 18.7. The maximum absolute atomic E-state index is 12.8. The van der Waals surface area contributed by atoms with E-state index >= 15 is 0 Å². The second-order valence-electron chi connectivity index (χ2n) is 9.86. The lowest BCUT2D eigenvalue weighted by atomic mass is 10.2. The van der Waals surface area contributed by atoms with Crippen molar-refractivity contribution in [3.05, 3.63) is 90.3 Å². The minimum absolute atomic E-state index is 0.252. The molecule has 0 aliphatic carbocycles. The number of aromatic nitrogens is 4. The third-order valence-electron chi connectivity index (χ3n) is 7.04. The fourth-order valence-corrected chi connectivity index (χ4v) is 4.84. The Balaban J connectivity index is 1.25. The van der Waals surface area contributed by atoms with Crippen LogP contribution >= 0.6 is 0 Å². The fourth-order valence-electron chi connectivity index (χ4n) is 4.84. The summed E-state index contributed by atoms with van der Waals surface area (Å²) in [6.45, 7) is 2.35. The summed E-state index contributed by atoms with van der Waals surface area (Å²) >= 11 is 0. The minimum atomic E-state index is -0.287. The Hall–Kier alpha value is -5.16. The van der Waals surface area contributed by atoms with E-state index in [-0.39, 0.29) is 11.9 Å². The van der Waals surface area contributed by atoms with Gasteiger partial charge in [-0.05, 0) is 61.0 Å². The van der Waals surface area contributed by atoms with Gasteiger partial charge in [-0.2, -0.15) is 5.10 Å². The molecule has 1 aliphatic heterocycles. The molecule has 1 aliphatic rings. The van der Waals surface area contributed by atoms with Crippen LogP contribution in [-0.2, 0) is 6.54 Å². The summed E-state index contributed by atoms with van der Waals surface area (Å²) in [4.78, 5) is 21.6. The van der Waals surface area contributed by atoms with E-state index in [1.165, 1.54) is 0 Å². The summed E-state index contributed by atoms with van der Waals surface area (Å²) in [5.41, 5.74) is 2.24. The molecule has 1 amide bonds. The normalized spacial score (nSPS) is 14.5. The summed E-state index contributed by atoms with van der Waals surface area (Å²) in [5, 5.41) is 15.5. The number of fused-ring (bicyclic) bond motifs is 1. The summed E-state index contributed by atoms with van der Waals surface area (Å²) in [6.07, 6.45) is 4.29. The Kier molecular flexibility index (Phi) is 7.82. The average molecular weight is 566 g/mol. The number of rotatable bonds is 10. The molecule has 1 fully saturated rings. The molecule has 42 heavy (non-hydrogen) atoms. The third-order valence-corrected chi connectivity index (χ3v) is 7.04. The molecule has 3 N–H and O–H groups in total. The first-order valence-electron chi connectivity index (χ1n) is 13.6. The molecule has 5 aromatic rings. The van der Waals surface area contributed by atoms with E-state index in [0.717, 1.165) is 42.0 Å². The van der Waals surface area contributed by atoms with Gasteiger partial charge in [0.15, 0.2) is 11.5 Å². The van der Waals surface area contributed by atoms with Gasteiger partial charge in [0, 0.05) is 42.7 Å². The molecule has 3 aromatic heterocycles. The number of amides is 1. The second kappa shape index (κ2) is 12.1. The number of ether oxygens (including phenoxy) is 3. The predicted molar refractivity (Wildman–Crippen MR) is 160 cm³/mol. The van der Waals surface area contributed by atoms with Gasteiger partial charge in [0.05, 0.1) is 20.8 Å². The van der Waals surface area contributed by atoms with Crippen LogP contribution in [0.5, 0.6) is 23.0 Å². The zero-order chi connectivity index (χ0) is 28.9. The van der Waals surface area contributed by atoms with Crippen LogP contribution in [0.2, 0.25) is 0 Å². The van der Waals surface area contributed by atoms with E-state index < -0.39 is 0 Å². The largest absolute Gasteiger partial charge is 0.497 e. The summed E-state index contributed by atoms with van der Waals surface area (Å²) in [7, 11) is 3.21. The van der Waals surface area contributed by atoms with Crippen LogP contribution in [0.25, 0.3) is 11.0 Å². The maximum atomic E-state index is 12.8. The number of carbonyl (C=O) groups excluding carboxylic acids is 1. The minimum Gasteiger partial charge on any atom is -0.497 e. The standard InChI is InChI=1S/C31H31N7O4/c1-40-23-7-3-20(4-8-23)19-38-30-28(29(37-38)35-22-11-14-32-18-22)26(13-16-34-30)42-24-9-5-21(6-10-24)31(39)36-27-17-25(41-2)12-15-33-27/h3-10,12-13,15-17,22,32H,11,14,18-19H2,1-2H3,(H,35,37)(H,33,36,39). The van der Waals surface area contributed by atoms with Crippen LogP contribution in [0.4, 0.5) is 11.6 Å².